The van der Waals surface area contributed by atoms with E-state index in [0.29, 0.717) is 19.4 Å². The third kappa shape index (κ3) is 3.81. The van der Waals surface area contributed by atoms with Crippen LogP contribution in [0, 0.1) is 5.92 Å². The summed E-state index contributed by atoms with van der Waals surface area (Å²) in [6.45, 7) is 2.49. The summed E-state index contributed by atoms with van der Waals surface area (Å²) in [4.78, 5) is 12.7. The lowest BCUT2D eigenvalue weighted by molar-refractivity contribution is -0.187. The fourth-order valence-corrected chi connectivity index (χ4v) is 1.83. The molecule has 2 nitrogen and oxygen atoms in total. The standard InChI is InChI=1S/C10H16F3NO/c1-2-9(15)7-14-5-3-4-8(6-14)10(11,12)13/h8H,2-7H2,1H3. The lowest BCUT2D eigenvalue weighted by atomic mass is 9.97. The van der Waals surface area contributed by atoms with E-state index in [9.17, 15) is 18.0 Å². The molecule has 1 fully saturated rings. The van der Waals surface area contributed by atoms with E-state index in [1.807, 2.05) is 0 Å². The minimum atomic E-state index is -4.12. The van der Waals surface area contributed by atoms with Crippen molar-refractivity contribution in [3.8, 4) is 0 Å². The Morgan fingerprint density at radius 1 is 1.47 bits per heavy atom. The Hall–Kier alpha value is -0.580. The first-order chi connectivity index (χ1) is 6.93. The van der Waals surface area contributed by atoms with Gasteiger partial charge in [-0.15, -0.1) is 0 Å². The van der Waals surface area contributed by atoms with Crippen molar-refractivity contribution in [2.24, 2.45) is 5.92 Å². The predicted molar refractivity (Wildman–Crippen MR) is 50.5 cm³/mol. The van der Waals surface area contributed by atoms with Gasteiger partial charge < -0.3 is 0 Å². The molecule has 15 heavy (non-hydrogen) atoms. The van der Waals surface area contributed by atoms with Crippen molar-refractivity contribution >= 4 is 5.78 Å². The lowest BCUT2D eigenvalue weighted by Gasteiger charge is -2.33. The molecule has 0 amide bonds. The van der Waals surface area contributed by atoms with Crippen LogP contribution in [0.3, 0.4) is 0 Å². The Bertz CT molecular complexity index is 227. The van der Waals surface area contributed by atoms with Crippen LogP contribution in [0.1, 0.15) is 26.2 Å². The van der Waals surface area contributed by atoms with Crippen LogP contribution in [-0.4, -0.2) is 36.5 Å². The third-order valence-corrected chi connectivity index (χ3v) is 2.76. The molecule has 0 saturated carbocycles. The number of rotatable bonds is 3. The van der Waals surface area contributed by atoms with Gasteiger partial charge in [0.1, 0.15) is 5.78 Å². The Morgan fingerprint density at radius 3 is 2.67 bits per heavy atom. The number of carbonyl (C=O) groups excluding carboxylic acids is 1. The quantitative estimate of drug-likeness (QED) is 0.731. The van der Waals surface area contributed by atoms with E-state index >= 15 is 0 Å². The van der Waals surface area contributed by atoms with Gasteiger partial charge in [-0.05, 0) is 19.4 Å². The van der Waals surface area contributed by atoms with E-state index in [4.69, 9.17) is 0 Å². The topological polar surface area (TPSA) is 20.3 Å². The maximum absolute atomic E-state index is 12.4. The van der Waals surface area contributed by atoms with Gasteiger partial charge in [-0.1, -0.05) is 6.92 Å². The van der Waals surface area contributed by atoms with Gasteiger partial charge in [0.2, 0.25) is 0 Å². The molecule has 1 aliphatic rings. The highest BCUT2D eigenvalue weighted by molar-refractivity contribution is 5.80. The van der Waals surface area contributed by atoms with E-state index in [1.54, 1.807) is 11.8 Å². The van der Waals surface area contributed by atoms with Crippen LogP contribution in [0.5, 0.6) is 0 Å². The molecule has 0 spiro atoms. The van der Waals surface area contributed by atoms with Crippen LogP contribution in [0.4, 0.5) is 13.2 Å². The number of Topliss-reactive ketones (excluding diaryl/α,β-unsaturated/α-hetero) is 1. The van der Waals surface area contributed by atoms with Crippen LogP contribution in [0.15, 0.2) is 0 Å². The molecule has 1 aliphatic heterocycles. The second-order valence-electron chi connectivity index (χ2n) is 4.01. The largest absolute Gasteiger partial charge is 0.393 e. The number of carbonyl (C=O) groups is 1. The monoisotopic (exact) mass is 223 g/mol. The molecule has 0 aliphatic carbocycles. The number of ketones is 1. The SMILES string of the molecule is CCC(=O)CN1CCCC(C(F)(F)F)C1. The van der Waals surface area contributed by atoms with Gasteiger partial charge in [0, 0.05) is 13.0 Å². The van der Waals surface area contributed by atoms with Crippen LogP contribution in [0.25, 0.3) is 0 Å². The smallest absolute Gasteiger partial charge is 0.298 e. The Morgan fingerprint density at radius 2 is 2.13 bits per heavy atom. The van der Waals surface area contributed by atoms with Crippen molar-refractivity contribution in [3.05, 3.63) is 0 Å². The summed E-state index contributed by atoms with van der Waals surface area (Å²) < 4.78 is 37.3. The van der Waals surface area contributed by atoms with Crippen LogP contribution in [0.2, 0.25) is 0 Å². The number of piperidine rings is 1. The molecule has 0 aromatic carbocycles. The van der Waals surface area contributed by atoms with Gasteiger partial charge in [0.15, 0.2) is 0 Å². The number of hydrogen-bond donors (Lipinski definition) is 0. The molecular formula is C10H16F3NO. The van der Waals surface area contributed by atoms with E-state index in [1.165, 1.54) is 0 Å². The minimum Gasteiger partial charge on any atom is -0.298 e. The number of nitrogens with zero attached hydrogens (tertiary/aromatic N) is 1. The first kappa shape index (κ1) is 12.5. The average Bonchev–Trinajstić information content (AvgIpc) is 2.17. The van der Waals surface area contributed by atoms with Crippen molar-refractivity contribution in [3.63, 3.8) is 0 Å². The predicted octanol–water partition coefficient (Wildman–Crippen LogP) is 2.24. The van der Waals surface area contributed by atoms with Gasteiger partial charge in [0.05, 0.1) is 12.5 Å². The van der Waals surface area contributed by atoms with Crippen LogP contribution >= 0.6 is 0 Å². The summed E-state index contributed by atoms with van der Waals surface area (Å²) >= 11 is 0. The molecular weight excluding hydrogens is 207 g/mol. The van der Waals surface area contributed by atoms with Crippen molar-refractivity contribution in [2.75, 3.05) is 19.6 Å². The molecule has 5 heteroatoms. The summed E-state index contributed by atoms with van der Waals surface area (Å²) in [7, 11) is 0. The van der Waals surface area contributed by atoms with Crippen LogP contribution < -0.4 is 0 Å². The zero-order chi connectivity index (χ0) is 11.5. The molecule has 1 saturated heterocycles. The maximum Gasteiger partial charge on any atom is 0.393 e. The van der Waals surface area contributed by atoms with Crippen LogP contribution in [-0.2, 0) is 4.79 Å². The molecule has 1 unspecified atom stereocenters. The van der Waals surface area contributed by atoms with E-state index in [-0.39, 0.29) is 25.3 Å². The molecule has 1 heterocycles. The van der Waals surface area contributed by atoms with Gasteiger partial charge >= 0.3 is 6.18 Å². The molecule has 0 N–H and O–H groups in total. The van der Waals surface area contributed by atoms with Gasteiger partial charge in [-0.3, -0.25) is 9.69 Å². The number of halogens is 3. The molecule has 0 aromatic heterocycles. The summed E-state index contributed by atoms with van der Waals surface area (Å²) in [5.74, 6) is -1.24. The van der Waals surface area contributed by atoms with E-state index < -0.39 is 12.1 Å². The van der Waals surface area contributed by atoms with Gasteiger partial charge in [-0.25, -0.2) is 0 Å². The van der Waals surface area contributed by atoms with Gasteiger partial charge in [0.25, 0.3) is 0 Å². The molecule has 0 radical (unpaired) electrons. The maximum atomic E-state index is 12.4. The first-order valence-corrected chi connectivity index (χ1v) is 5.24. The average molecular weight is 223 g/mol. The second-order valence-corrected chi connectivity index (χ2v) is 4.01. The van der Waals surface area contributed by atoms with Crippen molar-refractivity contribution in [2.45, 2.75) is 32.4 Å². The summed E-state index contributed by atoms with van der Waals surface area (Å²) in [6, 6.07) is 0. The fourth-order valence-electron chi connectivity index (χ4n) is 1.83. The van der Waals surface area contributed by atoms with Crippen molar-refractivity contribution in [1.29, 1.82) is 0 Å². The van der Waals surface area contributed by atoms with Crippen molar-refractivity contribution < 1.29 is 18.0 Å². The summed E-state index contributed by atoms with van der Waals surface area (Å²) in [5.41, 5.74) is 0. The molecule has 0 aromatic rings. The number of hydrogen-bond acceptors (Lipinski definition) is 2. The lowest BCUT2D eigenvalue weighted by Crippen LogP contribution is -2.43. The van der Waals surface area contributed by atoms with Crippen molar-refractivity contribution in [1.82, 2.24) is 4.90 Å². The minimum absolute atomic E-state index is 0.0119. The Labute approximate surface area is 87.4 Å². The summed E-state index contributed by atoms with van der Waals surface area (Å²) in [5, 5.41) is 0. The zero-order valence-electron chi connectivity index (χ0n) is 8.81. The Balaban J connectivity index is 2.46. The highest BCUT2D eigenvalue weighted by atomic mass is 19.4. The highest BCUT2D eigenvalue weighted by Gasteiger charge is 2.41. The van der Waals surface area contributed by atoms with Gasteiger partial charge in [-0.2, -0.15) is 13.2 Å². The third-order valence-electron chi connectivity index (χ3n) is 2.76. The Kier molecular flexibility index (Phi) is 4.13. The number of alkyl halides is 3. The zero-order valence-corrected chi connectivity index (χ0v) is 8.81. The first-order valence-electron chi connectivity index (χ1n) is 5.24. The molecule has 1 atom stereocenters. The fraction of sp³-hybridized carbons (Fsp3) is 0.900. The molecule has 88 valence electrons. The van der Waals surface area contributed by atoms with E-state index in [2.05, 4.69) is 0 Å². The number of likely N-dealkylation sites (tertiary alicyclic amines) is 1. The molecule has 0 bridgehead atoms. The summed E-state index contributed by atoms with van der Waals surface area (Å²) in [6.07, 6.45) is -3.00. The highest BCUT2D eigenvalue weighted by Crippen LogP contribution is 2.32. The molecule has 1 rings (SSSR count). The normalized spacial score (nSPS) is 24.1. The second kappa shape index (κ2) is 4.96. The van der Waals surface area contributed by atoms with E-state index in [0.717, 1.165) is 0 Å².